The van der Waals surface area contributed by atoms with Gasteiger partial charge in [-0.3, -0.25) is 0 Å². The highest BCUT2D eigenvalue weighted by molar-refractivity contribution is 5.85. The molecular weight excluding hydrogens is 399 g/mol. The molecule has 0 N–H and O–H groups in total. The number of hydrogen-bond donors (Lipinski definition) is 0. The molecule has 3 aliphatic rings. The number of rotatable bonds is 3. The molecule has 2 aliphatic heterocycles. The van der Waals surface area contributed by atoms with Crippen molar-refractivity contribution in [1.29, 1.82) is 0 Å². The Morgan fingerprint density at radius 1 is 0.897 bits per heavy atom. The maximum absolute atomic E-state index is 2.74. The molecule has 0 spiro atoms. The number of hydrogen-bond acceptors (Lipinski definition) is 1. The Balaban J connectivity index is 0.00000120. The third-order valence-corrected chi connectivity index (χ3v) is 7.28. The zero-order valence-electron chi connectivity index (χ0n) is 17.2. The quantitative estimate of drug-likeness (QED) is 0.673. The predicted octanol–water partition coefficient (Wildman–Crippen LogP) is 1.84. The van der Waals surface area contributed by atoms with Crippen molar-refractivity contribution >= 4 is 18.1 Å². The number of likely N-dealkylation sites (tertiary alicyclic amines) is 1. The molecule has 2 aromatic rings. The molecule has 1 aliphatic carbocycles. The van der Waals surface area contributed by atoms with Gasteiger partial charge >= 0.3 is 0 Å². The SMILES string of the molecule is CN1CC2C3CCC[N+](Cc4ccccc4)=C3CC(c3ccccc3)C2C1.Cl.[Cl-]. The van der Waals surface area contributed by atoms with E-state index in [0.29, 0.717) is 5.92 Å². The van der Waals surface area contributed by atoms with Gasteiger partial charge in [0.15, 0.2) is 12.3 Å². The van der Waals surface area contributed by atoms with Gasteiger partial charge in [-0.1, -0.05) is 60.7 Å². The van der Waals surface area contributed by atoms with E-state index in [1.807, 2.05) is 0 Å². The summed E-state index contributed by atoms with van der Waals surface area (Å²) >= 11 is 0. The summed E-state index contributed by atoms with van der Waals surface area (Å²) in [5, 5.41) is 0. The standard InChI is InChI=1S/C25H31N2.2ClH/c1-26-17-23-21-13-8-14-27(16-19-9-4-2-5-10-19)25(21)15-22(24(23)18-26)20-11-6-3-7-12-20;;/h2-7,9-12,21-24H,8,13-18H2,1H3;2*1H/q+1;;/p-1. The van der Waals surface area contributed by atoms with Crippen molar-refractivity contribution in [2.75, 3.05) is 26.7 Å². The summed E-state index contributed by atoms with van der Waals surface area (Å²) in [6.07, 6.45) is 4.01. The first-order valence-corrected chi connectivity index (χ1v) is 10.7. The third kappa shape index (κ3) is 4.40. The van der Waals surface area contributed by atoms with Gasteiger partial charge in [-0.2, -0.15) is 0 Å². The van der Waals surface area contributed by atoms with Gasteiger partial charge in [-0.25, -0.2) is 4.58 Å². The molecule has 2 fully saturated rings. The molecule has 1 saturated heterocycles. The molecular formula is C25H32Cl2N2. The molecule has 4 atom stereocenters. The third-order valence-electron chi connectivity index (χ3n) is 7.28. The van der Waals surface area contributed by atoms with Crippen LogP contribution < -0.4 is 12.4 Å². The number of benzene rings is 2. The van der Waals surface area contributed by atoms with Crippen LogP contribution >= 0.6 is 12.4 Å². The van der Waals surface area contributed by atoms with E-state index in [1.165, 1.54) is 44.5 Å². The molecule has 4 unspecified atom stereocenters. The fraction of sp³-hybridized carbons (Fsp3) is 0.480. The lowest BCUT2D eigenvalue weighted by Crippen LogP contribution is -3.00. The highest BCUT2D eigenvalue weighted by Gasteiger charge is 2.50. The van der Waals surface area contributed by atoms with E-state index >= 15 is 0 Å². The molecule has 2 nitrogen and oxygen atoms in total. The summed E-state index contributed by atoms with van der Waals surface area (Å²) in [5.74, 6) is 3.14. The minimum atomic E-state index is 0. The highest BCUT2D eigenvalue weighted by Crippen LogP contribution is 2.48. The molecule has 2 heterocycles. The van der Waals surface area contributed by atoms with Gasteiger partial charge < -0.3 is 17.3 Å². The smallest absolute Gasteiger partial charge is 0.168 e. The highest BCUT2D eigenvalue weighted by atomic mass is 35.5. The normalized spacial score (nSPS) is 28.7. The number of fused-ring (bicyclic) bond motifs is 3. The first-order chi connectivity index (χ1) is 13.3. The van der Waals surface area contributed by atoms with Crippen molar-refractivity contribution in [2.45, 2.75) is 31.7 Å². The van der Waals surface area contributed by atoms with Crippen molar-refractivity contribution in [3.63, 3.8) is 0 Å². The topological polar surface area (TPSA) is 6.25 Å². The Kier molecular flexibility index (Phi) is 7.42. The van der Waals surface area contributed by atoms with E-state index in [0.717, 1.165) is 24.3 Å². The Hall–Kier alpha value is -1.35. The zero-order valence-corrected chi connectivity index (χ0v) is 18.8. The summed E-state index contributed by atoms with van der Waals surface area (Å²) in [4.78, 5) is 2.59. The predicted molar refractivity (Wildman–Crippen MR) is 119 cm³/mol. The van der Waals surface area contributed by atoms with Crippen LogP contribution in [0.2, 0.25) is 0 Å². The lowest BCUT2D eigenvalue weighted by molar-refractivity contribution is -0.553. The van der Waals surface area contributed by atoms with E-state index in [9.17, 15) is 0 Å². The Morgan fingerprint density at radius 3 is 2.21 bits per heavy atom. The minimum absolute atomic E-state index is 0. The van der Waals surface area contributed by atoms with Crippen LogP contribution in [-0.4, -0.2) is 41.9 Å². The molecule has 29 heavy (non-hydrogen) atoms. The fourth-order valence-corrected chi connectivity index (χ4v) is 6.13. The van der Waals surface area contributed by atoms with Crippen LogP contribution in [0.5, 0.6) is 0 Å². The van der Waals surface area contributed by atoms with Crippen molar-refractivity contribution in [3.8, 4) is 0 Å². The maximum atomic E-state index is 2.74. The lowest BCUT2D eigenvalue weighted by atomic mass is 9.63. The van der Waals surface area contributed by atoms with Crippen molar-refractivity contribution in [3.05, 3.63) is 71.8 Å². The molecule has 0 amide bonds. The Labute approximate surface area is 187 Å². The molecule has 1 saturated carbocycles. The van der Waals surface area contributed by atoms with Crippen molar-refractivity contribution < 1.29 is 17.0 Å². The Morgan fingerprint density at radius 2 is 1.52 bits per heavy atom. The van der Waals surface area contributed by atoms with E-state index in [2.05, 4.69) is 77.2 Å². The summed E-state index contributed by atoms with van der Waals surface area (Å²) < 4.78 is 2.74. The van der Waals surface area contributed by atoms with Crippen LogP contribution in [0.1, 0.15) is 36.3 Å². The Bertz CT molecular complexity index is 821. The van der Waals surface area contributed by atoms with Crippen molar-refractivity contribution in [1.82, 2.24) is 4.90 Å². The summed E-state index contributed by atoms with van der Waals surface area (Å²) in [6, 6.07) is 22.4. The summed E-state index contributed by atoms with van der Waals surface area (Å²) in [6.45, 7) is 4.87. The molecule has 0 bridgehead atoms. The van der Waals surface area contributed by atoms with Crippen LogP contribution in [0, 0.1) is 17.8 Å². The van der Waals surface area contributed by atoms with Gasteiger partial charge in [-0.05, 0) is 36.8 Å². The number of halogens is 2. The first-order valence-electron chi connectivity index (χ1n) is 10.7. The van der Waals surface area contributed by atoms with Gasteiger partial charge in [-0.15, -0.1) is 12.4 Å². The van der Waals surface area contributed by atoms with E-state index < -0.39 is 0 Å². The summed E-state index contributed by atoms with van der Waals surface area (Å²) in [5.41, 5.74) is 4.77. The zero-order chi connectivity index (χ0) is 18.2. The maximum Gasteiger partial charge on any atom is 0.168 e. The van der Waals surface area contributed by atoms with Gasteiger partial charge in [0.25, 0.3) is 0 Å². The fourth-order valence-electron chi connectivity index (χ4n) is 6.13. The second kappa shape index (κ2) is 9.64. The van der Waals surface area contributed by atoms with Crippen LogP contribution in [0.15, 0.2) is 60.7 Å². The average Bonchev–Trinajstić information content (AvgIpc) is 3.11. The monoisotopic (exact) mass is 430 g/mol. The first kappa shape index (κ1) is 22.3. The molecule has 0 radical (unpaired) electrons. The molecule has 5 rings (SSSR count). The van der Waals surface area contributed by atoms with Gasteiger partial charge in [0.2, 0.25) is 0 Å². The largest absolute Gasteiger partial charge is 1.00 e. The van der Waals surface area contributed by atoms with Gasteiger partial charge in [0.1, 0.15) is 6.54 Å². The second-order valence-electron chi connectivity index (χ2n) is 8.92. The van der Waals surface area contributed by atoms with Crippen LogP contribution in [0.4, 0.5) is 0 Å². The van der Waals surface area contributed by atoms with E-state index in [-0.39, 0.29) is 24.8 Å². The molecule has 2 aromatic carbocycles. The van der Waals surface area contributed by atoms with Crippen LogP contribution in [0.25, 0.3) is 0 Å². The lowest BCUT2D eigenvalue weighted by Gasteiger charge is -2.40. The average molecular weight is 431 g/mol. The number of nitrogens with zero attached hydrogens (tertiary/aromatic N) is 2. The van der Waals surface area contributed by atoms with E-state index in [1.54, 1.807) is 11.3 Å². The van der Waals surface area contributed by atoms with Crippen LogP contribution in [-0.2, 0) is 6.54 Å². The summed E-state index contributed by atoms with van der Waals surface area (Å²) in [7, 11) is 2.32. The van der Waals surface area contributed by atoms with Gasteiger partial charge in [0, 0.05) is 37.4 Å². The minimum Gasteiger partial charge on any atom is -1.00 e. The van der Waals surface area contributed by atoms with Crippen LogP contribution in [0.3, 0.4) is 0 Å². The van der Waals surface area contributed by atoms with Gasteiger partial charge in [0.05, 0.1) is 0 Å². The van der Waals surface area contributed by atoms with E-state index in [4.69, 9.17) is 0 Å². The molecule has 4 heteroatoms. The van der Waals surface area contributed by atoms with Crippen molar-refractivity contribution in [2.24, 2.45) is 17.8 Å². The molecule has 156 valence electrons. The second-order valence-corrected chi connectivity index (χ2v) is 8.92. The molecule has 0 aromatic heterocycles.